The molecular formula is C42H52N2O9. The molecule has 0 aromatic heterocycles. The van der Waals surface area contributed by atoms with E-state index in [4.69, 9.17) is 33.2 Å². The summed E-state index contributed by atoms with van der Waals surface area (Å²) in [6.07, 6.45) is 8.30. The second-order valence-electron chi connectivity index (χ2n) is 15.6. The van der Waals surface area contributed by atoms with Crippen molar-refractivity contribution in [2.24, 2.45) is 11.8 Å². The van der Waals surface area contributed by atoms with Gasteiger partial charge in [0.25, 0.3) is 0 Å². The van der Waals surface area contributed by atoms with E-state index in [9.17, 15) is 9.59 Å². The van der Waals surface area contributed by atoms with Crippen LogP contribution in [0.4, 0.5) is 0 Å². The normalized spacial score (nSPS) is 30.2. The second-order valence-corrected chi connectivity index (χ2v) is 15.6. The Morgan fingerprint density at radius 3 is 1.45 bits per heavy atom. The van der Waals surface area contributed by atoms with E-state index in [1.165, 1.54) is 11.1 Å². The average Bonchev–Trinajstić information content (AvgIpc) is 3.16. The van der Waals surface area contributed by atoms with Gasteiger partial charge in [-0.1, -0.05) is 12.1 Å². The maximum atomic E-state index is 13.3. The van der Waals surface area contributed by atoms with Crippen LogP contribution >= 0.6 is 0 Å². The number of ketones is 2. The number of benzene rings is 2. The van der Waals surface area contributed by atoms with E-state index in [0.29, 0.717) is 73.8 Å². The Kier molecular flexibility index (Phi) is 9.48. The number of carbonyl (C=O) groups excluding carboxylic acids is 2. The molecule has 4 bridgehead atoms. The maximum Gasteiger partial charge on any atom is 0.197 e. The SMILES string of the molecule is COC1=C[C@@H]2[C@@H]3Cc4ccc(OC)c(OCCOCCOc5c(OC)ccc6c5[C@@]57CCN(C)[C@@H](C6)[C@H]5C=C(OC)C(=O)C7)c4[C@]2(CCN3C)CC1=O. The lowest BCUT2D eigenvalue weighted by Gasteiger charge is -2.56. The van der Waals surface area contributed by atoms with Gasteiger partial charge in [0.2, 0.25) is 0 Å². The Morgan fingerprint density at radius 2 is 1.06 bits per heavy atom. The van der Waals surface area contributed by atoms with Gasteiger partial charge in [-0.05, 0) is 88.3 Å². The van der Waals surface area contributed by atoms with Crippen molar-refractivity contribution >= 4 is 11.6 Å². The number of methoxy groups -OCH3 is 4. The standard InChI is InChI=1S/C42H52N2O9/c1-43-13-11-41-23-31(45)35(49-5)21-27(41)29(43)19-25-7-9-33(47-3)39(37(25)41)52-17-15-51-16-18-53-40-34(48-4)10-8-26-20-30-28-22-36(50-6)32(46)24-42(28,38(26)40)12-14-44(30)2/h7-10,21-22,27-30H,11-20,23-24H2,1-6H3/t27-,28-,29+,30+,41-,42-/m1/s1. The number of nitrogens with zero attached hydrogens (tertiary/aromatic N) is 2. The van der Waals surface area contributed by atoms with Gasteiger partial charge in [0, 0.05) is 58.7 Å². The number of Topliss-reactive ketones (excluding diaryl/α,β-unsaturated/α-hetero) is 2. The van der Waals surface area contributed by atoms with Gasteiger partial charge in [0.15, 0.2) is 46.1 Å². The number of allylic oxidation sites excluding steroid dienone is 2. The molecule has 0 radical (unpaired) electrons. The molecule has 0 N–H and O–H groups in total. The van der Waals surface area contributed by atoms with E-state index in [1.807, 2.05) is 12.1 Å². The zero-order chi connectivity index (χ0) is 37.1. The van der Waals surface area contributed by atoms with E-state index in [1.54, 1.807) is 28.4 Å². The first-order chi connectivity index (χ1) is 25.7. The molecule has 6 atom stereocenters. The van der Waals surface area contributed by atoms with Crippen LogP contribution in [0, 0.1) is 11.8 Å². The van der Waals surface area contributed by atoms with Gasteiger partial charge in [-0.3, -0.25) is 9.59 Å². The summed E-state index contributed by atoms with van der Waals surface area (Å²) in [5, 5.41) is 0. The van der Waals surface area contributed by atoms with Gasteiger partial charge in [0.1, 0.15) is 13.2 Å². The molecule has 2 fully saturated rings. The molecule has 0 spiro atoms. The monoisotopic (exact) mass is 728 g/mol. The first kappa shape index (κ1) is 35.9. The lowest BCUT2D eigenvalue weighted by Crippen LogP contribution is -2.60. The fraction of sp³-hybridized carbons (Fsp3) is 0.571. The van der Waals surface area contributed by atoms with Crippen LogP contribution in [0.3, 0.4) is 0 Å². The summed E-state index contributed by atoms with van der Waals surface area (Å²) >= 11 is 0. The largest absolute Gasteiger partial charge is 0.493 e. The topological polar surface area (TPSA) is 105 Å². The molecule has 2 saturated heterocycles. The summed E-state index contributed by atoms with van der Waals surface area (Å²) in [4.78, 5) is 31.5. The quantitative estimate of drug-likeness (QED) is 0.291. The van der Waals surface area contributed by atoms with Crippen LogP contribution in [0.5, 0.6) is 23.0 Å². The minimum Gasteiger partial charge on any atom is -0.493 e. The van der Waals surface area contributed by atoms with Crippen molar-refractivity contribution in [3.63, 3.8) is 0 Å². The third kappa shape index (κ3) is 5.64. The van der Waals surface area contributed by atoms with Crippen LogP contribution in [-0.2, 0) is 47.5 Å². The number of fused-ring (bicyclic) bond motifs is 2. The summed E-state index contributed by atoms with van der Waals surface area (Å²) in [5.74, 6) is 3.99. The molecule has 284 valence electrons. The van der Waals surface area contributed by atoms with Gasteiger partial charge < -0.3 is 43.0 Å². The molecule has 0 amide bonds. The molecule has 2 aromatic rings. The molecule has 8 rings (SSSR count). The predicted octanol–water partition coefficient (Wildman–Crippen LogP) is 4.41. The van der Waals surface area contributed by atoms with Crippen molar-refractivity contribution in [1.82, 2.24) is 9.80 Å². The highest BCUT2D eigenvalue weighted by molar-refractivity contribution is 5.97. The number of piperidine rings is 2. The molecule has 11 heteroatoms. The third-order valence-corrected chi connectivity index (χ3v) is 13.3. The number of hydrogen-bond acceptors (Lipinski definition) is 11. The highest BCUT2D eigenvalue weighted by atomic mass is 16.6. The smallest absolute Gasteiger partial charge is 0.197 e. The number of hydrogen-bond donors (Lipinski definition) is 0. The Bertz CT molecular complexity index is 1720. The van der Waals surface area contributed by atoms with E-state index in [0.717, 1.165) is 49.9 Å². The van der Waals surface area contributed by atoms with Crippen LogP contribution in [0.25, 0.3) is 0 Å². The molecule has 2 aromatic carbocycles. The molecule has 2 aliphatic heterocycles. The highest BCUT2D eigenvalue weighted by Gasteiger charge is 2.58. The molecule has 53 heavy (non-hydrogen) atoms. The van der Waals surface area contributed by atoms with Crippen molar-refractivity contribution in [2.45, 2.75) is 61.4 Å². The fourth-order valence-electron chi connectivity index (χ4n) is 10.8. The molecule has 0 saturated carbocycles. The first-order valence-electron chi connectivity index (χ1n) is 18.9. The van der Waals surface area contributed by atoms with Gasteiger partial charge in [0.05, 0.1) is 41.7 Å². The molecular weight excluding hydrogens is 676 g/mol. The van der Waals surface area contributed by atoms with Crippen molar-refractivity contribution in [3.8, 4) is 23.0 Å². The van der Waals surface area contributed by atoms with Crippen LogP contribution in [0.1, 0.15) is 47.9 Å². The van der Waals surface area contributed by atoms with E-state index in [2.05, 4.69) is 48.2 Å². The van der Waals surface area contributed by atoms with Crippen molar-refractivity contribution in [1.29, 1.82) is 0 Å². The predicted molar refractivity (Wildman–Crippen MR) is 197 cm³/mol. The highest BCUT2D eigenvalue weighted by Crippen LogP contribution is 2.59. The summed E-state index contributed by atoms with van der Waals surface area (Å²) in [7, 11) is 10.8. The van der Waals surface area contributed by atoms with E-state index in [-0.39, 0.29) is 46.3 Å². The number of likely N-dealkylation sites (tertiary alicyclic amines) is 2. The van der Waals surface area contributed by atoms with E-state index < -0.39 is 0 Å². The Balaban J connectivity index is 0.977. The Labute approximate surface area is 312 Å². The maximum absolute atomic E-state index is 13.3. The van der Waals surface area contributed by atoms with Crippen molar-refractivity contribution < 1.29 is 42.7 Å². The number of carbonyl (C=O) groups is 2. The molecule has 2 heterocycles. The minimum absolute atomic E-state index is 0.0327. The molecule has 11 nitrogen and oxygen atoms in total. The zero-order valence-corrected chi connectivity index (χ0v) is 31.8. The number of ether oxygens (including phenoxy) is 7. The van der Waals surface area contributed by atoms with Crippen LogP contribution in [0.2, 0.25) is 0 Å². The fourth-order valence-corrected chi connectivity index (χ4v) is 10.8. The average molecular weight is 729 g/mol. The van der Waals surface area contributed by atoms with Crippen LogP contribution in [0.15, 0.2) is 47.9 Å². The van der Waals surface area contributed by atoms with Crippen LogP contribution < -0.4 is 18.9 Å². The zero-order valence-electron chi connectivity index (χ0n) is 31.8. The minimum atomic E-state index is -0.382. The van der Waals surface area contributed by atoms with Gasteiger partial charge >= 0.3 is 0 Å². The van der Waals surface area contributed by atoms with Crippen LogP contribution in [-0.4, -0.2) is 116 Å². The van der Waals surface area contributed by atoms with E-state index >= 15 is 0 Å². The van der Waals surface area contributed by atoms with Crippen molar-refractivity contribution in [3.05, 3.63) is 70.2 Å². The Hall–Kier alpha value is -4.06. The lowest BCUT2D eigenvalue weighted by atomic mass is 9.53. The number of rotatable bonds is 12. The summed E-state index contributed by atoms with van der Waals surface area (Å²) < 4.78 is 42.0. The van der Waals surface area contributed by atoms with Crippen molar-refractivity contribution in [2.75, 3.05) is 82.1 Å². The molecule has 4 aliphatic carbocycles. The lowest BCUT2D eigenvalue weighted by molar-refractivity contribution is -0.123. The first-order valence-corrected chi connectivity index (χ1v) is 18.9. The Morgan fingerprint density at radius 1 is 0.623 bits per heavy atom. The third-order valence-electron chi connectivity index (χ3n) is 13.3. The molecule has 0 unspecified atom stereocenters. The summed E-state index contributed by atoms with van der Waals surface area (Å²) in [6, 6.07) is 8.78. The second kappa shape index (κ2) is 14.0. The van der Waals surface area contributed by atoms with Gasteiger partial charge in [-0.15, -0.1) is 0 Å². The molecule has 6 aliphatic rings. The van der Waals surface area contributed by atoms with Gasteiger partial charge in [-0.25, -0.2) is 0 Å². The number of likely N-dealkylation sites (N-methyl/N-ethyl adjacent to an activating group) is 2. The van der Waals surface area contributed by atoms with Gasteiger partial charge in [-0.2, -0.15) is 0 Å². The summed E-state index contributed by atoms with van der Waals surface area (Å²) in [5.41, 5.74) is 3.84. The summed E-state index contributed by atoms with van der Waals surface area (Å²) in [6.45, 7) is 3.11.